The quantitative estimate of drug-likeness (QED) is 0.834. The fraction of sp³-hybridized carbons (Fsp3) is 0.400. The van der Waals surface area contributed by atoms with E-state index in [1.54, 1.807) is 7.11 Å². The number of methoxy groups -OCH3 is 1. The lowest BCUT2D eigenvalue weighted by molar-refractivity contribution is 0.158. The van der Waals surface area contributed by atoms with Gasteiger partial charge in [0, 0.05) is 37.9 Å². The lowest BCUT2D eigenvalue weighted by Crippen LogP contribution is -2.26. The molecule has 1 heterocycles. The molecule has 1 atom stereocenters. The van der Waals surface area contributed by atoms with Crippen LogP contribution in [0, 0.1) is 5.92 Å². The maximum atomic E-state index is 11.9. The van der Waals surface area contributed by atoms with Crippen LogP contribution in [-0.2, 0) is 11.3 Å². The fourth-order valence-corrected chi connectivity index (χ4v) is 2.12. The van der Waals surface area contributed by atoms with Crippen LogP contribution in [0.25, 0.3) is 10.9 Å². The van der Waals surface area contributed by atoms with Crippen LogP contribution < -0.4 is 10.9 Å². The number of hydrogen-bond acceptors (Lipinski definition) is 3. The molecule has 0 spiro atoms. The highest BCUT2D eigenvalue weighted by atomic mass is 16.5. The van der Waals surface area contributed by atoms with E-state index in [9.17, 15) is 4.79 Å². The molecule has 0 aliphatic rings. The Morgan fingerprint density at radius 2 is 2.16 bits per heavy atom. The Labute approximate surface area is 112 Å². The summed E-state index contributed by atoms with van der Waals surface area (Å²) in [5.74, 6) is 0.435. The van der Waals surface area contributed by atoms with E-state index in [-0.39, 0.29) is 5.56 Å². The predicted molar refractivity (Wildman–Crippen MR) is 77.3 cm³/mol. The lowest BCUT2D eigenvalue weighted by Gasteiger charge is -2.11. The maximum Gasteiger partial charge on any atom is 0.252 e. The smallest absolute Gasteiger partial charge is 0.252 e. The van der Waals surface area contributed by atoms with Crippen LogP contribution in [0.2, 0.25) is 0 Å². The molecular formula is C15H20N2O2. The second kappa shape index (κ2) is 6.50. The summed E-state index contributed by atoms with van der Waals surface area (Å²) in [4.78, 5) is 14.8. The van der Waals surface area contributed by atoms with E-state index in [2.05, 4.69) is 17.2 Å². The third-order valence-corrected chi connectivity index (χ3v) is 3.09. The van der Waals surface area contributed by atoms with Gasteiger partial charge in [0.1, 0.15) is 0 Å². The van der Waals surface area contributed by atoms with Crippen molar-refractivity contribution in [1.29, 1.82) is 0 Å². The van der Waals surface area contributed by atoms with Crippen molar-refractivity contribution in [2.75, 3.05) is 20.3 Å². The number of rotatable bonds is 6. The molecule has 19 heavy (non-hydrogen) atoms. The van der Waals surface area contributed by atoms with Crippen molar-refractivity contribution in [2.24, 2.45) is 5.92 Å². The Balaban J connectivity index is 2.04. The van der Waals surface area contributed by atoms with Crippen LogP contribution in [0.4, 0.5) is 0 Å². The van der Waals surface area contributed by atoms with Gasteiger partial charge < -0.3 is 15.0 Å². The molecule has 4 heteroatoms. The largest absolute Gasteiger partial charge is 0.384 e. The first-order chi connectivity index (χ1) is 9.20. The van der Waals surface area contributed by atoms with Gasteiger partial charge in [0.05, 0.1) is 0 Å². The molecule has 0 saturated heterocycles. The number of aromatic amines is 1. The van der Waals surface area contributed by atoms with Crippen LogP contribution >= 0.6 is 0 Å². The topological polar surface area (TPSA) is 54.1 Å². The van der Waals surface area contributed by atoms with Gasteiger partial charge in [0.15, 0.2) is 0 Å². The normalized spacial score (nSPS) is 12.7. The Hall–Kier alpha value is -1.65. The molecule has 0 amide bonds. The van der Waals surface area contributed by atoms with Crippen LogP contribution in [0.1, 0.15) is 12.5 Å². The van der Waals surface area contributed by atoms with E-state index in [4.69, 9.17) is 4.74 Å². The minimum absolute atomic E-state index is 0.0226. The van der Waals surface area contributed by atoms with E-state index in [1.165, 1.54) is 0 Å². The summed E-state index contributed by atoms with van der Waals surface area (Å²) >= 11 is 0. The predicted octanol–water partition coefficient (Wildman–Crippen LogP) is 1.90. The minimum Gasteiger partial charge on any atom is -0.384 e. The van der Waals surface area contributed by atoms with Crippen molar-refractivity contribution < 1.29 is 4.74 Å². The summed E-state index contributed by atoms with van der Waals surface area (Å²) in [7, 11) is 1.70. The summed E-state index contributed by atoms with van der Waals surface area (Å²) in [5.41, 5.74) is 1.62. The Morgan fingerprint density at radius 1 is 1.37 bits per heavy atom. The number of H-pyrrole nitrogens is 1. The van der Waals surface area contributed by atoms with Gasteiger partial charge in [-0.2, -0.15) is 0 Å². The van der Waals surface area contributed by atoms with Gasteiger partial charge in [-0.3, -0.25) is 4.79 Å². The molecule has 1 aromatic carbocycles. The van der Waals surface area contributed by atoms with Gasteiger partial charge >= 0.3 is 0 Å². The van der Waals surface area contributed by atoms with Crippen molar-refractivity contribution in [2.45, 2.75) is 13.5 Å². The number of benzene rings is 1. The number of pyridine rings is 1. The summed E-state index contributed by atoms with van der Waals surface area (Å²) in [5, 5.41) is 4.35. The van der Waals surface area contributed by atoms with Crippen molar-refractivity contribution >= 4 is 10.9 Å². The third kappa shape index (κ3) is 3.66. The Bertz CT molecular complexity index is 592. The zero-order valence-corrected chi connectivity index (χ0v) is 11.4. The summed E-state index contributed by atoms with van der Waals surface area (Å²) in [6.45, 7) is 4.25. The number of fused-ring (bicyclic) bond motifs is 1. The maximum absolute atomic E-state index is 11.9. The van der Waals surface area contributed by atoms with Gasteiger partial charge in [0.2, 0.25) is 0 Å². The van der Waals surface area contributed by atoms with Crippen molar-refractivity contribution in [3.05, 3.63) is 46.2 Å². The molecule has 2 aromatic rings. The second-order valence-electron chi connectivity index (χ2n) is 4.90. The van der Waals surface area contributed by atoms with Gasteiger partial charge in [-0.15, -0.1) is 0 Å². The van der Waals surface area contributed by atoms with E-state index in [0.717, 1.165) is 29.6 Å². The van der Waals surface area contributed by atoms with E-state index < -0.39 is 0 Å². The number of para-hydroxylation sites is 1. The Kier molecular flexibility index (Phi) is 4.71. The lowest BCUT2D eigenvalue weighted by atomic mass is 10.1. The van der Waals surface area contributed by atoms with Crippen molar-refractivity contribution in [1.82, 2.24) is 10.3 Å². The molecule has 2 rings (SSSR count). The number of ether oxygens (including phenoxy) is 1. The first-order valence-corrected chi connectivity index (χ1v) is 6.51. The van der Waals surface area contributed by atoms with Crippen LogP contribution in [-0.4, -0.2) is 25.2 Å². The molecule has 1 unspecified atom stereocenters. The van der Waals surface area contributed by atoms with E-state index >= 15 is 0 Å². The summed E-state index contributed by atoms with van der Waals surface area (Å²) in [6, 6.07) is 9.75. The molecule has 1 aromatic heterocycles. The van der Waals surface area contributed by atoms with Gasteiger partial charge in [0.25, 0.3) is 5.56 Å². The monoisotopic (exact) mass is 260 g/mol. The SMILES string of the molecule is COCC(C)CNCc1cc2ccccc2[nH]c1=O. The van der Waals surface area contributed by atoms with Crippen LogP contribution in [0.3, 0.4) is 0 Å². The highest BCUT2D eigenvalue weighted by Crippen LogP contribution is 2.09. The molecular weight excluding hydrogens is 240 g/mol. The third-order valence-electron chi connectivity index (χ3n) is 3.09. The highest BCUT2D eigenvalue weighted by molar-refractivity contribution is 5.78. The zero-order valence-electron chi connectivity index (χ0n) is 11.4. The number of aromatic nitrogens is 1. The molecule has 0 aliphatic heterocycles. The van der Waals surface area contributed by atoms with Gasteiger partial charge in [-0.05, 0) is 23.4 Å². The zero-order chi connectivity index (χ0) is 13.7. The van der Waals surface area contributed by atoms with E-state index in [0.29, 0.717) is 12.5 Å². The second-order valence-corrected chi connectivity index (χ2v) is 4.90. The first kappa shape index (κ1) is 13.8. The molecule has 2 N–H and O–H groups in total. The molecule has 0 radical (unpaired) electrons. The van der Waals surface area contributed by atoms with Crippen LogP contribution in [0.5, 0.6) is 0 Å². The van der Waals surface area contributed by atoms with Crippen LogP contribution in [0.15, 0.2) is 35.1 Å². The average Bonchev–Trinajstić information content (AvgIpc) is 2.39. The van der Waals surface area contributed by atoms with Crippen molar-refractivity contribution in [3.63, 3.8) is 0 Å². The standard InChI is InChI=1S/C15H20N2O2/c1-11(10-19-2)8-16-9-13-7-12-5-3-4-6-14(12)17-15(13)18/h3-7,11,16H,8-10H2,1-2H3,(H,17,18). The Morgan fingerprint density at radius 3 is 2.95 bits per heavy atom. The first-order valence-electron chi connectivity index (χ1n) is 6.51. The minimum atomic E-state index is -0.0226. The average molecular weight is 260 g/mol. The van der Waals surface area contributed by atoms with Crippen molar-refractivity contribution in [3.8, 4) is 0 Å². The van der Waals surface area contributed by atoms with Gasteiger partial charge in [-0.1, -0.05) is 25.1 Å². The molecule has 4 nitrogen and oxygen atoms in total. The fourth-order valence-electron chi connectivity index (χ4n) is 2.12. The van der Waals surface area contributed by atoms with E-state index in [1.807, 2.05) is 30.3 Å². The molecule has 0 bridgehead atoms. The van der Waals surface area contributed by atoms with Gasteiger partial charge in [-0.25, -0.2) is 0 Å². The highest BCUT2D eigenvalue weighted by Gasteiger charge is 2.04. The molecule has 0 saturated carbocycles. The number of nitrogens with one attached hydrogen (secondary N) is 2. The molecule has 0 aliphatic carbocycles. The number of hydrogen-bond donors (Lipinski definition) is 2. The molecule has 0 fully saturated rings. The summed E-state index contributed by atoms with van der Waals surface area (Å²) in [6.07, 6.45) is 0. The summed E-state index contributed by atoms with van der Waals surface area (Å²) < 4.78 is 5.08. The molecule has 102 valence electrons.